The average Bonchev–Trinajstić information content (AvgIpc) is 2.96. The predicted octanol–water partition coefficient (Wildman–Crippen LogP) is 4.75. The fourth-order valence-corrected chi connectivity index (χ4v) is 3.55. The summed E-state index contributed by atoms with van der Waals surface area (Å²) in [5, 5.41) is 8.10. The molecule has 2 aromatic rings. The molecule has 0 spiro atoms. The zero-order valence-electron chi connectivity index (χ0n) is 11.6. The highest BCUT2D eigenvalue weighted by Gasteiger charge is 2.14. The Labute approximate surface area is 124 Å². The Morgan fingerprint density at radius 2 is 2.11 bits per heavy atom. The van der Waals surface area contributed by atoms with Gasteiger partial charge >= 0.3 is 0 Å². The topological polar surface area (TPSA) is 12.0 Å². The Morgan fingerprint density at radius 3 is 2.79 bits per heavy atom. The number of thiophene rings is 1. The van der Waals surface area contributed by atoms with Gasteiger partial charge in [0.05, 0.1) is 0 Å². The summed E-state index contributed by atoms with van der Waals surface area (Å²) in [5.41, 5.74) is 2.85. The van der Waals surface area contributed by atoms with Gasteiger partial charge in [-0.1, -0.05) is 25.1 Å². The van der Waals surface area contributed by atoms with Crippen LogP contribution in [-0.4, -0.2) is 12.8 Å². The van der Waals surface area contributed by atoms with Gasteiger partial charge in [-0.25, -0.2) is 0 Å². The third kappa shape index (κ3) is 4.10. The van der Waals surface area contributed by atoms with E-state index in [1.165, 1.54) is 22.4 Å². The monoisotopic (exact) mass is 291 g/mol. The first-order chi connectivity index (χ1) is 9.35. The van der Waals surface area contributed by atoms with E-state index in [4.69, 9.17) is 0 Å². The maximum atomic E-state index is 3.69. The van der Waals surface area contributed by atoms with E-state index in [0.717, 1.165) is 13.0 Å². The highest BCUT2D eigenvalue weighted by Crippen LogP contribution is 2.28. The molecule has 1 N–H and O–H groups in total. The van der Waals surface area contributed by atoms with Crippen LogP contribution >= 0.6 is 23.1 Å². The van der Waals surface area contributed by atoms with Crippen LogP contribution in [0, 0.1) is 0 Å². The zero-order valence-corrected chi connectivity index (χ0v) is 13.2. The molecule has 3 heteroatoms. The zero-order chi connectivity index (χ0) is 13.5. The van der Waals surface area contributed by atoms with Crippen LogP contribution in [0.1, 0.15) is 30.5 Å². The molecule has 0 fully saturated rings. The van der Waals surface area contributed by atoms with Crippen molar-refractivity contribution in [2.24, 2.45) is 0 Å². The van der Waals surface area contributed by atoms with E-state index >= 15 is 0 Å². The summed E-state index contributed by atoms with van der Waals surface area (Å²) in [4.78, 5) is 1.38. The van der Waals surface area contributed by atoms with Crippen molar-refractivity contribution in [2.75, 3.05) is 12.8 Å². The van der Waals surface area contributed by atoms with Crippen molar-refractivity contribution in [3.8, 4) is 0 Å². The SMILES string of the molecule is CCCNC(Cc1ccsc1)c1ccccc1SC. The van der Waals surface area contributed by atoms with E-state index in [-0.39, 0.29) is 0 Å². The second-order valence-corrected chi connectivity index (χ2v) is 6.21. The Kier molecular flexibility index (Phi) is 5.95. The molecule has 2 rings (SSSR count). The van der Waals surface area contributed by atoms with Crippen LogP contribution in [-0.2, 0) is 6.42 Å². The standard InChI is InChI=1S/C16H21NS2/c1-3-9-17-15(11-13-8-10-19-12-13)14-6-4-5-7-16(14)18-2/h4-8,10,12,15,17H,3,9,11H2,1-2H3. The van der Waals surface area contributed by atoms with E-state index in [1.807, 2.05) is 11.8 Å². The van der Waals surface area contributed by atoms with Crippen LogP contribution < -0.4 is 5.32 Å². The molecular formula is C16H21NS2. The molecule has 0 aliphatic rings. The van der Waals surface area contributed by atoms with Gasteiger partial charge in [0, 0.05) is 10.9 Å². The number of thioether (sulfide) groups is 1. The third-order valence-electron chi connectivity index (χ3n) is 3.18. The Balaban J connectivity index is 2.20. The van der Waals surface area contributed by atoms with E-state index in [0.29, 0.717) is 6.04 Å². The van der Waals surface area contributed by atoms with Gasteiger partial charge in [0.1, 0.15) is 0 Å². The minimum atomic E-state index is 0.415. The molecular weight excluding hydrogens is 270 g/mol. The van der Waals surface area contributed by atoms with Gasteiger partial charge in [-0.15, -0.1) is 11.8 Å². The Morgan fingerprint density at radius 1 is 1.26 bits per heavy atom. The normalized spacial score (nSPS) is 12.5. The first-order valence-electron chi connectivity index (χ1n) is 6.72. The molecule has 0 amide bonds. The second kappa shape index (κ2) is 7.73. The summed E-state index contributed by atoms with van der Waals surface area (Å²) >= 11 is 3.61. The number of rotatable bonds is 7. The molecule has 1 atom stereocenters. The van der Waals surface area contributed by atoms with Gasteiger partial charge in [0.15, 0.2) is 0 Å². The highest BCUT2D eigenvalue weighted by molar-refractivity contribution is 7.98. The number of hydrogen-bond acceptors (Lipinski definition) is 3. The highest BCUT2D eigenvalue weighted by atomic mass is 32.2. The number of nitrogens with one attached hydrogen (secondary N) is 1. The largest absolute Gasteiger partial charge is 0.310 e. The minimum Gasteiger partial charge on any atom is -0.310 e. The van der Waals surface area contributed by atoms with Gasteiger partial charge in [0.25, 0.3) is 0 Å². The van der Waals surface area contributed by atoms with Gasteiger partial charge in [-0.05, 0) is 59.7 Å². The maximum absolute atomic E-state index is 3.69. The summed E-state index contributed by atoms with van der Waals surface area (Å²) in [7, 11) is 0. The lowest BCUT2D eigenvalue weighted by Crippen LogP contribution is -2.24. The smallest absolute Gasteiger partial charge is 0.0372 e. The summed E-state index contributed by atoms with van der Waals surface area (Å²) < 4.78 is 0. The molecule has 19 heavy (non-hydrogen) atoms. The number of benzene rings is 1. The predicted molar refractivity (Wildman–Crippen MR) is 87.3 cm³/mol. The molecule has 0 bridgehead atoms. The van der Waals surface area contributed by atoms with Crippen molar-refractivity contribution in [3.05, 3.63) is 52.2 Å². The molecule has 1 nitrogen and oxygen atoms in total. The lowest BCUT2D eigenvalue weighted by molar-refractivity contribution is 0.523. The van der Waals surface area contributed by atoms with E-state index in [2.05, 4.69) is 59.6 Å². The van der Waals surface area contributed by atoms with E-state index < -0.39 is 0 Å². The summed E-state index contributed by atoms with van der Waals surface area (Å²) in [6.45, 7) is 3.28. The maximum Gasteiger partial charge on any atom is 0.0372 e. The van der Waals surface area contributed by atoms with Crippen LogP contribution in [0.25, 0.3) is 0 Å². The van der Waals surface area contributed by atoms with Crippen molar-refractivity contribution >= 4 is 23.1 Å². The van der Waals surface area contributed by atoms with Crippen molar-refractivity contribution in [3.63, 3.8) is 0 Å². The quantitative estimate of drug-likeness (QED) is 0.739. The molecule has 0 saturated heterocycles. The van der Waals surface area contributed by atoms with Crippen LogP contribution in [0.4, 0.5) is 0 Å². The van der Waals surface area contributed by atoms with Crippen molar-refractivity contribution < 1.29 is 0 Å². The van der Waals surface area contributed by atoms with Crippen LogP contribution in [0.15, 0.2) is 46.0 Å². The van der Waals surface area contributed by atoms with Crippen LogP contribution in [0.3, 0.4) is 0 Å². The molecule has 1 unspecified atom stereocenters. The van der Waals surface area contributed by atoms with Crippen molar-refractivity contribution in [1.29, 1.82) is 0 Å². The lowest BCUT2D eigenvalue weighted by atomic mass is 10.0. The molecule has 102 valence electrons. The molecule has 0 saturated carbocycles. The van der Waals surface area contributed by atoms with E-state index in [9.17, 15) is 0 Å². The first-order valence-corrected chi connectivity index (χ1v) is 8.89. The summed E-state index contributed by atoms with van der Waals surface area (Å²) in [6.07, 6.45) is 4.39. The Hall–Kier alpha value is -0.770. The molecule has 0 aliphatic carbocycles. The summed E-state index contributed by atoms with van der Waals surface area (Å²) in [6, 6.07) is 11.4. The molecule has 1 aromatic heterocycles. The second-order valence-electron chi connectivity index (χ2n) is 4.58. The molecule has 0 radical (unpaired) electrons. The molecule has 1 heterocycles. The van der Waals surface area contributed by atoms with Gasteiger partial charge in [0.2, 0.25) is 0 Å². The first kappa shape index (κ1) is 14.6. The van der Waals surface area contributed by atoms with Crippen molar-refractivity contribution in [1.82, 2.24) is 5.32 Å². The molecule has 1 aromatic carbocycles. The van der Waals surface area contributed by atoms with Crippen LogP contribution in [0.2, 0.25) is 0 Å². The fourth-order valence-electron chi connectivity index (χ4n) is 2.21. The van der Waals surface area contributed by atoms with Gasteiger partial charge < -0.3 is 5.32 Å². The Bertz CT molecular complexity index is 479. The minimum absolute atomic E-state index is 0.415. The van der Waals surface area contributed by atoms with Gasteiger partial charge in [-0.2, -0.15) is 11.3 Å². The number of hydrogen-bond donors (Lipinski definition) is 1. The summed E-state index contributed by atoms with van der Waals surface area (Å²) in [5.74, 6) is 0. The molecule has 0 aliphatic heterocycles. The average molecular weight is 291 g/mol. The lowest BCUT2D eigenvalue weighted by Gasteiger charge is -2.21. The van der Waals surface area contributed by atoms with E-state index in [1.54, 1.807) is 11.3 Å². The fraction of sp³-hybridized carbons (Fsp3) is 0.375. The van der Waals surface area contributed by atoms with Crippen LogP contribution in [0.5, 0.6) is 0 Å². The third-order valence-corrected chi connectivity index (χ3v) is 4.72. The van der Waals surface area contributed by atoms with Crippen molar-refractivity contribution in [2.45, 2.75) is 30.7 Å². The van der Waals surface area contributed by atoms with Gasteiger partial charge in [-0.3, -0.25) is 0 Å².